The second-order valence-electron chi connectivity index (χ2n) is 7.84. The number of carbonyl (C=O) groups is 2. The first-order chi connectivity index (χ1) is 14.6. The predicted molar refractivity (Wildman–Crippen MR) is 114 cm³/mol. The molecule has 0 aliphatic heterocycles. The zero-order chi connectivity index (χ0) is 20.7. The van der Waals surface area contributed by atoms with Crippen molar-refractivity contribution in [3.8, 4) is 11.1 Å². The molecule has 0 radical (unpaired) electrons. The molecule has 0 heterocycles. The summed E-state index contributed by atoms with van der Waals surface area (Å²) in [5.74, 6) is -1.25. The Morgan fingerprint density at radius 3 is 2.23 bits per heavy atom. The molecule has 2 aliphatic rings. The van der Waals surface area contributed by atoms with Crippen LogP contribution in [0.1, 0.15) is 28.2 Å². The Bertz CT molecular complexity index is 1110. The number of benzene rings is 3. The third kappa shape index (κ3) is 3.12. The summed E-state index contributed by atoms with van der Waals surface area (Å²) < 4.78 is 5.61. The summed E-state index contributed by atoms with van der Waals surface area (Å²) in [6.45, 7) is 0.243. The van der Waals surface area contributed by atoms with E-state index in [9.17, 15) is 14.7 Å². The molecular weight excluding hydrogens is 378 g/mol. The number of fused-ring (bicyclic) bond motifs is 4. The van der Waals surface area contributed by atoms with Crippen LogP contribution in [0.5, 0.6) is 0 Å². The molecule has 5 rings (SSSR count). The highest BCUT2D eigenvalue weighted by molar-refractivity contribution is 5.87. The third-order valence-electron chi connectivity index (χ3n) is 6.12. The number of hydrogen-bond acceptors (Lipinski definition) is 3. The first-order valence-electron chi connectivity index (χ1n) is 10.1. The normalized spacial score (nSPS) is 16.5. The van der Waals surface area contributed by atoms with Crippen molar-refractivity contribution in [1.82, 2.24) is 0 Å². The number of aliphatic carboxylic acids is 1. The molecule has 0 saturated carbocycles. The van der Waals surface area contributed by atoms with E-state index >= 15 is 0 Å². The second-order valence-corrected chi connectivity index (χ2v) is 7.84. The lowest BCUT2D eigenvalue weighted by Crippen LogP contribution is -2.19. The number of anilines is 1. The van der Waals surface area contributed by atoms with E-state index in [0.29, 0.717) is 18.5 Å². The van der Waals surface area contributed by atoms with Crippen LogP contribution in [0.25, 0.3) is 11.1 Å². The van der Waals surface area contributed by atoms with Crippen molar-refractivity contribution in [3.63, 3.8) is 0 Å². The maximum Gasteiger partial charge on any atom is 0.411 e. The zero-order valence-electron chi connectivity index (χ0n) is 16.3. The molecule has 5 nitrogen and oxygen atoms in total. The Morgan fingerprint density at radius 1 is 0.900 bits per heavy atom. The van der Waals surface area contributed by atoms with Crippen molar-refractivity contribution in [1.29, 1.82) is 0 Å². The molecule has 0 bridgehead atoms. The summed E-state index contributed by atoms with van der Waals surface area (Å²) in [7, 11) is 0. The van der Waals surface area contributed by atoms with E-state index in [-0.39, 0.29) is 12.5 Å². The van der Waals surface area contributed by atoms with Gasteiger partial charge in [0, 0.05) is 11.6 Å². The average molecular weight is 399 g/mol. The van der Waals surface area contributed by atoms with Crippen molar-refractivity contribution in [2.45, 2.75) is 18.8 Å². The largest absolute Gasteiger partial charge is 0.481 e. The summed E-state index contributed by atoms with van der Waals surface area (Å²) in [5, 5.41) is 12.1. The van der Waals surface area contributed by atoms with E-state index in [1.54, 1.807) is 6.07 Å². The van der Waals surface area contributed by atoms with Gasteiger partial charge in [-0.3, -0.25) is 10.1 Å². The Kier molecular flexibility index (Phi) is 4.51. The van der Waals surface area contributed by atoms with Gasteiger partial charge in [-0.15, -0.1) is 0 Å². The van der Waals surface area contributed by atoms with Gasteiger partial charge in [-0.2, -0.15) is 0 Å². The topological polar surface area (TPSA) is 75.6 Å². The molecule has 1 amide bonds. The van der Waals surface area contributed by atoms with Crippen LogP contribution in [0, 0.1) is 5.92 Å². The van der Waals surface area contributed by atoms with Crippen molar-refractivity contribution in [2.75, 3.05) is 11.9 Å². The van der Waals surface area contributed by atoms with Crippen molar-refractivity contribution in [3.05, 3.63) is 89.0 Å². The molecular formula is C25H21NO4. The van der Waals surface area contributed by atoms with Crippen LogP contribution in [-0.4, -0.2) is 23.8 Å². The molecule has 150 valence electrons. The summed E-state index contributed by atoms with van der Waals surface area (Å²) >= 11 is 0. The first kappa shape index (κ1) is 18.4. The van der Waals surface area contributed by atoms with E-state index in [4.69, 9.17) is 4.74 Å². The van der Waals surface area contributed by atoms with Crippen LogP contribution in [0.3, 0.4) is 0 Å². The lowest BCUT2D eigenvalue weighted by Gasteiger charge is -2.15. The van der Waals surface area contributed by atoms with E-state index in [0.717, 1.165) is 22.3 Å². The predicted octanol–water partition coefficient (Wildman–Crippen LogP) is 4.85. The number of rotatable bonds is 4. The van der Waals surface area contributed by atoms with Crippen LogP contribution >= 0.6 is 0 Å². The lowest BCUT2D eigenvalue weighted by molar-refractivity contribution is -0.141. The van der Waals surface area contributed by atoms with Crippen LogP contribution in [0.15, 0.2) is 66.7 Å². The number of ether oxygens (including phenoxy) is 1. The number of carbonyl (C=O) groups excluding carboxylic acids is 1. The van der Waals surface area contributed by atoms with Gasteiger partial charge in [0.15, 0.2) is 0 Å². The SMILES string of the molecule is O=C(Nc1cccc2c1CC(C(=O)O)C2)OCC1c2ccccc2-c2ccccc21. The summed E-state index contributed by atoms with van der Waals surface area (Å²) in [4.78, 5) is 23.9. The van der Waals surface area contributed by atoms with E-state index in [1.807, 2.05) is 36.4 Å². The highest BCUT2D eigenvalue weighted by Gasteiger charge is 2.31. The van der Waals surface area contributed by atoms with Crippen LogP contribution in [0.4, 0.5) is 10.5 Å². The van der Waals surface area contributed by atoms with Gasteiger partial charge in [-0.1, -0.05) is 60.7 Å². The number of nitrogens with one attached hydrogen (secondary N) is 1. The monoisotopic (exact) mass is 399 g/mol. The fourth-order valence-electron chi connectivity index (χ4n) is 4.69. The molecule has 1 unspecified atom stereocenters. The molecule has 0 spiro atoms. The molecule has 1 atom stereocenters. The van der Waals surface area contributed by atoms with Crippen molar-refractivity contribution >= 4 is 17.7 Å². The van der Waals surface area contributed by atoms with Gasteiger partial charge < -0.3 is 9.84 Å². The Labute approximate surface area is 174 Å². The smallest absolute Gasteiger partial charge is 0.411 e. The minimum atomic E-state index is -0.807. The van der Waals surface area contributed by atoms with Gasteiger partial charge in [0.2, 0.25) is 0 Å². The highest BCUT2D eigenvalue weighted by Crippen LogP contribution is 2.44. The van der Waals surface area contributed by atoms with Crippen molar-refractivity contribution < 1.29 is 19.4 Å². The maximum atomic E-state index is 12.6. The summed E-state index contributed by atoms with van der Waals surface area (Å²) in [6.07, 6.45) is 0.388. The van der Waals surface area contributed by atoms with Gasteiger partial charge in [0.05, 0.1) is 5.92 Å². The molecule has 3 aromatic rings. The average Bonchev–Trinajstić information content (AvgIpc) is 3.33. The number of hydrogen-bond donors (Lipinski definition) is 2. The molecule has 2 N–H and O–H groups in total. The Hall–Kier alpha value is -3.60. The molecule has 30 heavy (non-hydrogen) atoms. The zero-order valence-corrected chi connectivity index (χ0v) is 16.3. The van der Waals surface area contributed by atoms with Gasteiger partial charge in [-0.05, 0) is 52.3 Å². The van der Waals surface area contributed by atoms with Crippen LogP contribution in [0.2, 0.25) is 0 Å². The fraction of sp³-hybridized carbons (Fsp3) is 0.200. The van der Waals surface area contributed by atoms with Crippen LogP contribution in [-0.2, 0) is 22.4 Å². The molecule has 0 fully saturated rings. The quantitative estimate of drug-likeness (QED) is 0.658. The van der Waals surface area contributed by atoms with Crippen LogP contribution < -0.4 is 5.32 Å². The second kappa shape index (κ2) is 7.34. The van der Waals surface area contributed by atoms with E-state index < -0.39 is 18.0 Å². The van der Waals surface area contributed by atoms with Crippen molar-refractivity contribution in [2.24, 2.45) is 5.92 Å². The van der Waals surface area contributed by atoms with Gasteiger partial charge in [0.25, 0.3) is 0 Å². The molecule has 0 saturated heterocycles. The first-order valence-corrected chi connectivity index (χ1v) is 10.1. The Morgan fingerprint density at radius 2 is 1.57 bits per heavy atom. The summed E-state index contributed by atoms with van der Waals surface area (Å²) in [6, 6.07) is 22.0. The third-order valence-corrected chi connectivity index (χ3v) is 6.12. The minimum absolute atomic E-state index is 0.000953. The van der Waals surface area contributed by atoms with Gasteiger partial charge in [-0.25, -0.2) is 4.79 Å². The summed E-state index contributed by atoms with van der Waals surface area (Å²) in [5.41, 5.74) is 7.18. The number of amides is 1. The number of carboxylic acids is 1. The molecule has 2 aliphatic carbocycles. The van der Waals surface area contributed by atoms with Gasteiger partial charge in [0.1, 0.15) is 6.61 Å². The van der Waals surface area contributed by atoms with E-state index in [1.165, 1.54) is 11.1 Å². The highest BCUT2D eigenvalue weighted by atomic mass is 16.5. The molecule has 0 aromatic heterocycles. The lowest BCUT2D eigenvalue weighted by atomic mass is 9.98. The molecule has 3 aromatic carbocycles. The molecule has 5 heteroatoms. The number of carboxylic acid groups (broad SMARTS) is 1. The fourth-order valence-corrected chi connectivity index (χ4v) is 4.69. The standard InChI is InChI=1S/C25H21NO4/c27-24(28)16-12-15-6-5-11-23(21(15)13-16)26-25(29)30-14-22-19-9-3-1-7-17(19)18-8-2-4-10-20(18)22/h1-11,16,22H,12-14H2,(H,26,29)(H,27,28). The Balaban J connectivity index is 1.31. The van der Waals surface area contributed by atoms with E-state index in [2.05, 4.69) is 29.6 Å². The van der Waals surface area contributed by atoms with Gasteiger partial charge >= 0.3 is 12.1 Å². The minimum Gasteiger partial charge on any atom is -0.481 e. The maximum absolute atomic E-state index is 12.6.